The molecule has 0 aromatic rings. The maximum Gasteiger partial charge on any atom is 0.306 e. The van der Waals surface area contributed by atoms with Gasteiger partial charge in [-0.15, -0.1) is 0 Å². The van der Waals surface area contributed by atoms with Crippen molar-refractivity contribution in [2.45, 2.75) is 72.3 Å². The van der Waals surface area contributed by atoms with Gasteiger partial charge in [0, 0.05) is 12.8 Å². The Labute approximate surface area is 116 Å². The maximum absolute atomic E-state index is 11.5. The quantitative estimate of drug-likeness (QED) is 0.451. The first-order chi connectivity index (χ1) is 8.95. The van der Waals surface area contributed by atoms with Crippen molar-refractivity contribution in [3.8, 4) is 0 Å². The van der Waals surface area contributed by atoms with E-state index in [1.54, 1.807) is 0 Å². The number of esters is 2. The second kappa shape index (κ2) is 10.8. The van der Waals surface area contributed by atoms with Crippen LogP contribution in [-0.4, -0.2) is 24.6 Å². The van der Waals surface area contributed by atoms with Crippen LogP contribution in [0.25, 0.3) is 0 Å². The lowest BCUT2D eigenvalue weighted by Crippen LogP contribution is -2.17. The average molecular weight is 272 g/mol. The average Bonchev–Trinajstić information content (AvgIpc) is 2.27. The highest BCUT2D eigenvalue weighted by Crippen LogP contribution is 2.09. The van der Waals surface area contributed by atoms with Crippen LogP contribution in [0.4, 0.5) is 0 Å². The maximum atomic E-state index is 11.5. The van der Waals surface area contributed by atoms with Gasteiger partial charge in [-0.1, -0.05) is 27.2 Å². The first kappa shape index (κ1) is 17.9. The highest BCUT2D eigenvalue weighted by atomic mass is 16.5. The van der Waals surface area contributed by atoms with E-state index in [4.69, 9.17) is 9.47 Å². The number of carbonyl (C=O) groups is 2. The highest BCUT2D eigenvalue weighted by molar-refractivity contribution is 5.72. The minimum absolute atomic E-state index is 0.0518. The molecular formula is C15H28O4. The second-order valence-electron chi connectivity index (χ2n) is 5.36. The summed E-state index contributed by atoms with van der Waals surface area (Å²) in [4.78, 5) is 22.8. The van der Waals surface area contributed by atoms with E-state index in [2.05, 4.69) is 13.8 Å². The molecule has 0 aliphatic rings. The normalized spacial score (nSPS) is 12.3. The summed E-state index contributed by atoms with van der Waals surface area (Å²) in [5.41, 5.74) is 0. The SMILES string of the molecule is CCCCOC(=O)CCCC(=O)OC(C)CC(C)C. The van der Waals surface area contributed by atoms with Crippen LogP contribution in [0.3, 0.4) is 0 Å². The van der Waals surface area contributed by atoms with Gasteiger partial charge in [0.05, 0.1) is 12.7 Å². The van der Waals surface area contributed by atoms with E-state index in [-0.39, 0.29) is 30.9 Å². The molecule has 0 aromatic heterocycles. The molecule has 0 amide bonds. The van der Waals surface area contributed by atoms with Crippen molar-refractivity contribution >= 4 is 11.9 Å². The third kappa shape index (κ3) is 11.7. The Morgan fingerprint density at radius 3 is 2.21 bits per heavy atom. The first-order valence-electron chi connectivity index (χ1n) is 7.30. The fourth-order valence-electron chi connectivity index (χ4n) is 1.77. The van der Waals surface area contributed by atoms with Gasteiger partial charge in [0.15, 0.2) is 0 Å². The molecule has 0 saturated carbocycles. The molecule has 0 bridgehead atoms. The van der Waals surface area contributed by atoms with Gasteiger partial charge in [-0.25, -0.2) is 0 Å². The van der Waals surface area contributed by atoms with Gasteiger partial charge in [0.2, 0.25) is 0 Å². The van der Waals surface area contributed by atoms with Gasteiger partial charge in [-0.3, -0.25) is 9.59 Å². The minimum Gasteiger partial charge on any atom is -0.466 e. The monoisotopic (exact) mass is 272 g/mol. The molecule has 0 heterocycles. The third-order valence-corrected chi connectivity index (χ3v) is 2.66. The smallest absolute Gasteiger partial charge is 0.306 e. The zero-order chi connectivity index (χ0) is 14.7. The number of rotatable bonds is 10. The molecule has 0 rings (SSSR count). The zero-order valence-electron chi connectivity index (χ0n) is 12.7. The standard InChI is InChI=1S/C15H28O4/c1-5-6-10-18-14(16)8-7-9-15(17)19-13(4)11-12(2)3/h12-13H,5-11H2,1-4H3. The van der Waals surface area contributed by atoms with Gasteiger partial charge in [0.1, 0.15) is 0 Å². The van der Waals surface area contributed by atoms with Crippen LogP contribution in [-0.2, 0) is 19.1 Å². The van der Waals surface area contributed by atoms with E-state index < -0.39 is 0 Å². The predicted molar refractivity (Wildman–Crippen MR) is 74.7 cm³/mol. The summed E-state index contributed by atoms with van der Waals surface area (Å²) in [6.07, 6.45) is 3.78. The van der Waals surface area contributed by atoms with Gasteiger partial charge in [-0.2, -0.15) is 0 Å². The molecule has 0 aliphatic carbocycles. The molecule has 19 heavy (non-hydrogen) atoms. The molecule has 4 heteroatoms. The molecule has 0 saturated heterocycles. The van der Waals surface area contributed by atoms with Gasteiger partial charge < -0.3 is 9.47 Å². The van der Waals surface area contributed by atoms with Crippen molar-refractivity contribution in [2.75, 3.05) is 6.61 Å². The lowest BCUT2D eigenvalue weighted by Gasteiger charge is -2.15. The molecule has 0 N–H and O–H groups in total. The van der Waals surface area contributed by atoms with Crippen molar-refractivity contribution in [2.24, 2.45) is 5.92 Å². The minimum atomic E-state index is -0.227. The van der Waals surface area contributed by atoms with Crippen LogP contribution in [0.1, 0.15) is 66.2 Å². The summed E-state index contributed by atoms with van der Waals surface area (Å²) >= 11 is 0. The predicted octanol–water partition coefficient (Wildman–Crippen LogP) is 3.48. The number of hydrogen-bond donors (Lipinski definition) is 0. The van der Waals surface area contributed by atoms with Crippen LogP contribution in [0.2, 0.25) is 0 Å². The Morgan fingerprint density at radius 1 is 1.00 bits per heavy atom. The van der Waals surface area contributed by atoms with Crippen LogP contribution in [0.5, 0.6) is 0 Å². The van der Waals surface area contributed by atoms with E-state index in [0.29, 0.717) is 18.9 Å². The summed E-state index contributed by atoms with van der Waals surface area (Å²) in [6, 6.07) is 0. The third-order valence-electron chi connectivity index (χ3n) is 2.66. The summed E-state index contributed by atoms with van der Waals surface area (Å²) < 4.78 is 10.3. The molecule has 0 spiro atoms. The van der Waals surface area contributed by atoms with Crippen molar-refractivity contribution in [3.05, 3.63) is 0 Å². The van der Waals surface area contributed by atoms with Crippen molar-refractivity contribution in [1.82, 2.24) is 0 Å². The molecule has 0 aliphatic heterocycles. The Morgan fingerprint density at radius 2 is 1.63 bits per heavy atom. The largest absolute Gasteiger partial charge is 0.466 e. The fourth-order valence-corrected chi connectivity index (χ4v) is 1.77. The summed E-state index contributed by atoms with van der Waals surface area (Å²) in [5, 5.41) is 0. The van der Waals surface area contributed by atoms with Crippen LogP contribution < -0.4 is 0 Å². The van der Waals surface area contributed by atoms with E-state index in [9.17, 15) is 9.59 Å². The molecule has 4 nitrogen and oxygen atoms in total. The topological polar surface area (TPSA) is 52.6 Å². The number of carbonyl (C=O) groups excluding carboxylic acids is 2. The molecule has 0 aromatic carbocycles. The molecule has 1 atom stereocenters. The lowest BCUT2D eigenvalue weighted by atomic mass is 10.1. The molecule has 112 valence electrons. The summed E-state index contributed by atoms with van der Waals surface area (Å²) in [5.74, 6) is 0.0577. The zero-order valence-corrected chi connectivity index (χ0v) is 12.7. The van der Waals surface area contributed by atoms with Crippen LogP contribution in [0, 0.1) is 5.92 Å². The fraction of sp³-hybridized carbons (Fsp3) is 0.867. The van der Waals surface area contributed by atoms with E-state index in [0.717, 1.165) is 19.3 Å². The van der Waals surface area contributed by atoms with Gasteiger partial charge >= 0.3 is 11.9 Å². The van der Waals surface area contributed by atoms with Gasteiger partial charge in [-0.05, 0) is 32.1 Å². The van der Waals surface area contributed by atoms with E-state index >= 15 is 0 Å². The molecular weight excluding hydrogens is 244 g/mol. The van der Waals surface area contributed by atoms with Crippen molar-refractivity contribution < 1.29 is 19.1 Å². The van der Waals surface area contributed by atoms with E-state index in [1.807, 2.05) is 13.8 Å². The Kier molecular flexibility index (Phi) is 10.2. The van der Waals surface area contributed by atoms with Gasteiger partial charge in [0.25, 0.3) is 0 Å². The summed E-state index contributed by atoms with van der Waals surface area (Å²) in [6.45, 7) is 8.61. The van der Waals surface area contributed by atoms with E-state index in [1.165, 1.54) is 0 Å². The number of ether oxygens (including phenoxy) is 2. The Bertz CT molecular complexity index is 261. The number of unbranched alkanes of at least 4 members (excludes halogenated alkanes) is 1. The Hall–Kier alpha value is -1.06. The van der Waals surface area contributed by atoms with Crippen LogP contribution >= 0.6 is 0 Å². The molecule has 0 fully saturated rings. The highest BCUT2D eigenvalue weighted by Gasteiger charge is 2.12. The summed E-state index contributed by atoms with van der Waals surface area (Å²) in [7, 11) is 0. The molecule has 0 radical (unpaired) electrons. The van der Waals surface area contributed by atoms with Crippen LogP contribution in [0.15, 0.2) is 0 Å². The Balaban J connectivity index is 3.59. The first-order valence-corrected chi connectivity index (χ1v) is 7.30. The number of hydrogen-bond acceptors (Lipinski definition) is 4. The second-order valence-corrected chi connectivity index (χ2v) is 5.36. The molecule has 1 unspecified atom stereocenters. The van der Waals surface area contributed by atoms with Crippen molar-refractivity contribution in [1.29, 1.82) is 0 Å². The van der Waals surface area contributed by atoms with Crippen molar-refractivity contribution in [3.63, 3.8) is 0 Å². The lowest BCUT2D eigenvalue weighted by molar-refractivity contribution is -0.149.